The molecule has 0 saturated carbocycles. The lowest BCUT2D eigenvalue weighted by molar-refractivity contribution is 0.372. The van der Waals surface area contributed by atoms with Crippen molar-refractivity contribution in [3.05, 3.63) is 30.0 Å². The van der Waals surface area contributed by atoms with Crippen molar-refractivity contribution in [2.75, 3.05) is 7.11 Å². The van der Waals surface area contributed by atoms with Crippen LogP contribution in [0, 0.1) is 11.6 Å². The fourth-order valence-corrected chi connectivity index (χ4v) is 1.20. The van der Waals surface area contributed by atoms with Crippen LogP contribution in [0.4, 0.5) is 8.78 Å². The van der Waals surface area contributed by atoms with Gasteiger partial charge in [0.05, 0.1) is 13.3 Å². The molecule has 1 aromatic carbocycles. The van der Waals surface area contributed by atoms with Gasteiger partial charge in [-0.2, -0.15) is 19.8 Å². The second kappa shape index (κ2) is 3.64. The Balaban J connectivity index is 2.55. The topological polar surface area (TPSA) is 50.8 Å². The first kappa shape index (κ1) is 9.57. The van der Waals surface area contributed by atoms with Crippen molar-refractivity contribution in [3.8, 4) is 17.0 Å². The van der Waals surface area contributed by atoms with Gasteiger partial charge < -0.3 is 4.74 Å². The summed E-state index contributed by atoms with van der Waals surface area (Å²) in [5.41, 5.74) is 0.826. The van der Waals surface area contributed by atoms with Gasteiger partial charge in [0.25, 0.3) is 0 Å². The predicted octanol–water partition coefficient (Wildman–Crippen LogP) is 1.76. The van der Waals surface area contributed by atoms with Gasteiger partial charge in [-0.25, -0.2) is 4.39 Å². The van der Waals surface area contributed by atoms with Gasteiger partial charge in [-0.15, -0.1) is 0 Å². The monoisotopic (exact) mass is 211 g/mol. The summed E-state index contributed by atoms with van der Waals surface area (Å²) in [6.07, 6.45) is 1.41. The number of ether oxygens (including phenoxy) is 1. The molecule has 6 heteroatoms. The summed E-state index contributed by atoms with van der Waals surface area (Å²) in [7, 11) is 1.27. The van der Waals surface area contributed by atoms with Crippen LogP contribution in [-0.2, 0) is 0 Å². The number of H-pyrrole nitrogens is 1. The summed E-state index contributed by atoms with van der Waals surface area (Å²) < 4.78 is 30.9. The van der Waals surface area contributed by atoms with E-state index in [2.05, 4.69) is 15.4 Å². The highest BCUT2D eigenvalue weighted by atomic mass is 19.2. The Bertz CT molecular complexity index is 470. The van der Waals surface area contributed by atoms with Crippen molar-refractivity contribution in [3.63, 3.8) is 0 Å². The van der Waals surface area contributed by atoms with E-state index >= 15 is 0 Å². The zero-order valence-corrected chi connectivity index (χ0v) is 7.79. The Labute approximate surface area is 83.9 Å². The molecule has 1 N–H and O–H groups in total. The van der Waals surface area contributed by atoms with E-state index in [1.165, 1.54) is 19.4 Å². The molecule has 2 aromatic rings. The minimum absolute atomic E-state index is 0.159. The molecule has 4 nitrogen and oxygen atoms in total. The number of hydrogen-bond acceptors (Lipinski definition) is 3. The minimum Gasteiger partial charge on any atom is -0.494 e. The molecule has 0 bridgehead atoms. The van der Waals surface area contributed by atoms with Crippen molar-refractivity contribution < 1.29 is 13.5 Å². The summed E-state index contributed by atoms with van der Waals surface area (Å²) in [4.78, 5) is 0. The zero-order chi connectivity index (χ0) is 10.8. The Morgan fingerprint density at radius 1 is 1.33 bits per heavy atom. The Morgan fingerprint density at radius 3 is 2.73 bits per heavy atom. The number of aromatic nitrogens is 3. The molecule has 1 heterocycles. The number of halogens is 2. The number of rotatable bonds is 2. The average Bonchev–Trinajstić information content (AvgIpc) is 2.75. The van der Waals surface area contributed by atoms with E-state index in [4.69, 9.17) is 4.74 Å². The van der Waals surface area contributed by atoms with E-state index in [0.717, 1.165) is 6.07 Å². The molecule has 0 saturated heterocycles. The van der Waals surface area contributed by atoms with Crippen molar-refractivity contribution in [1.82, 2.24) is 15.4 Å². The molecule has 0 aliphatic heterocycles. The van der Waals surface area contributed by atoms with E-state index in [1.807, 2.05) is 0 Å². The maximum atomic E-state index is 13.1. The number of benzene rings is 1. The molecule has 0 spiro atoms. The standard InChI is InChI=1S/C9H7F2N3O/c1-15-8-3-5(2-6(10)9(8)11)7-4-12-14-13-7/h2-4H,1H3,(H,12,13,14). The highest BCUT2D eigenvalue weighted by Gasteiger charge is 2.13. The molecule has 0 amide bonds. The third kappa shape index (κ3) is 1.65. The largest absolute Gasteiger partial charge is 0.494 e. The first-order valence-electron chi connectivity index (χ1n) is 4.11. The fraction of sp³-hybridized carbons (Fsp3) is 0.111. The number of hydrogen-bond donors (Lipinski definition) is 1. The molecular weight excluding hydrogens is 204 g/mol. The Hall–Kier alpha value is -1.98. The van der Waals surface area contributed by atoms with Gasteiger partial charge in [0.2, 0.25) is 5.82 Å². The maximum absolute atomic E-state index is 13.1. The summed E-state index contributed by atoms with van der Waals surface area (Å²) >= 11 is 0. The molecule has 0 unspecified atom stereocenters. The molecule has 0 atom stereocenters. The molecule has 0 radical (unpaired) electrons. The van der Waals surface area contributed by atoms with Crippen LogP contribution in [-0.4, -0.2) is 22.5 Å². The average molecular weight is 211 g/mol. The molecule has 0 aliphatic rings. The van der Waals surface area contributed by atoms with Crippen molar-refractivity contribution >= 4 is 0 Å². The Kier molecular flexibility index (Phi) is 2.32. The van der Waals surface area contributed by atoms with Crippen LogP contribution in [0.1, 0.15) is 0 Å². The van der Waals surface area contributed by atoms with Crippen LogP contribution in [0.2, 0.25) is 0 Å². The van der Waals surface area contributed by atoms with E-state index < -0.39 is 11.6 Å². The van der Waals surface area contributed by atoms with Gasteiger partial charge >= 0.3 is 0 Å². The normalized spacial score (nSPS) is 10.3. The van der Waals surface area contributed by atoms with Crippen LogP contribution >= 0.6 is 0 Å². The van der Waals surface area contributed by atoms with Crippen molar-refractivity contribution in [1.29, 1.82) is 0 Å². The van der Waals surface area contributed by atoms with Gasteiger partial charge in [0, 0.05) is 5.56 Å². The lowest BCUT2D eigenvalue weighted by atomic mass is 10.1. The van der Waals surface area contributed by atoms with Crippen molar-refractivity contribution in [2.45, 2.75) is 0 Å². The molecule has 15 heavy (non-hydrogen) atoms. The van der Waals surface area contributed by atoms with Crippen LogP contribution in [0.3, 0.4) is 0 Å². The van der Waals surface area contributed by atoms with E-state index in [1.54, 1.807) is 0 Å². The summed E-state index contributed by atoms with van der Waals surface area (Å²) in [5.74, 6) is -2.15. The fourth-order valence-electron chi connectivity index (χ4n) is 1.20. The van der Waals surface area contributed by atoms with Crippen LogP contribution < -0.4 is 4.74 Å². The van der Waals surface area contributed by atoms with Crippen LogP contribution in [0.15, 0.2) is 18.3 Å². The van der Waals surface area contributed by atoms with Gasteiger partial charge in [0.15, 0.2) is 11.6 Å². The molecule has 0 aliphatic carbocycles. The Morgan fingerprint density at radius 2 is 2.13 bits per heavy atom. The van der Waals surface area contributed by atoms with Gasteiger partial charge in [-0.05, 0) is 12.1 Å². The second-order valence-corrected chi connectivity index (χ2v) is 2.83. The molecule has 78 valence electrons. The van der Waals surface area contributed by atoms with E-state index in [9.17, 15) is 8.78 Å². The quantitative estimate of drug-likeness (QED) is 0.823. The smallest absolute Gasteiger partial charge is 0.200 e. The highest BCUT2D eigenvalue weighted by molar-refractivity contribution is 5.60. The lowest BCUT2D eigenvalue weighted by Crippen LogP contribution is -1.93. The van der Waals surface area contributed by atoms with E-state index in [-0.39, 0.29) is 5.75 Å². The number of methoxy groups -OCH3 is 1. The van der Waals surface area contributed by atoms with Crippen LogP contribution in [0.5, 0.6) is 5.75 Å². The number of nitrogens with zero attached hydrogens (tertiary/aromatic N) is 2. The third-order valence-corrected chi connectivity index (χ3v) is 1.93. The first-order chi connectivity index (χ1) is 7.22. The molecular formula is C9H7F2N3O. The zero-order valence-electron chi connectivity index (χ0n) is 7.79. The maximum Gasteiger partial charge on any atom is 0.200 e. The van der Waals surface area contributed by atoms with Crippen LogP contribution in [0.25, 0.3) is 11.3 Å². The van der Waals surface area contributed by atoms with Gasteiger partial charge in [0.1, 0.15) is 5.69 Å². The minimum atomic E-state index is -1.01. The summed E-state index contributed by atoms with van der Waals surface area (Å²) in [6.45, 7) is 0. The van der Waals surface area contributed by atoms with Gasteiger partial charge in [-0.3, -0.25) is 0 Å². The molecule has 0 fully saturated rings. The second-order valence-electron chi connectivity index (χ2n) is 2.83. The molecule has 2 rings (SSSR count). The number of nitrogens with one attached hydrogen (secondary N) is 1. The first-order valence-corrected chi connectivity index (χ1v) is 4.11. The SMILES string of the molecule is COc1cc(-c2cn[nH]n2)cc(F)c1F. The highest BCUT2D eigenvalue weighted by Crippen LogP contribution is 2.26. The molecule has 1 aromatic heterocycles. The van der Waals surface area contributed by atoms with E-state index in [0.29, 0.717) is 11.3 Å². The van der Waals surface area contributed by atoms with Gasteiger partial charge in [-0.1, -0.05) is 0 Å². The summed E-state index contributed by atoms with van der Waals surface area (Å²) in [6, 6.07) is 2.39. The number of aromatic amines is 1. The lowest BCUT2D eigenvalue weighted by Gasteiger charge is -2.04. The third-order valence-electron chi connectivity index (χ3n) is 1.93. The predicted molar refractivity (Wildman–Crippen MR) is 48.3 cm³/mol. The summed E-state index contributed by atoms with van der Waals surface area (Å²) in [5, 5.41) is 9.71. The van der Waals surface area contributed by atoms with Crippen molar-refractivity contribution in [2.24, 2.45) is 0 Å².